The Bertz CT molecular complexity index is 1610. The predicted octanol–water partition coefficient (Wildman–Crippen LogP) is 5.90. The van der Waals surface area contributed by atoms with Crippen LogP contribution < -0.4 is 20.3 Å². The summed E-state index contributed by atoms with van der Waals surface area (Å²) in [5.74, 6) is 0.801. The van der Waals surface area contributed by atoms with Gasteiger partial charge in [-0.1, -0.05) is 23.7 Å². The van der Waals surface area contributed by atoms with Gasteiger partial charge in [0.25, 0.3) is 5.56 Å². The van der Waals surface area contributed by atoms with E-state index in [1.165, 1.54) is 29.1 Å². The van der Waals surface area contributed by atoms with Gasteiger partial charge in [0, 0.05) is 18.0 Å². The fraction of sp³-hybridized carbons (Fsp3) is 0.0741. The van der Waals surface area contributed by atoms with Gasteiger partial charge in [-0.2, -0.15) is 0 Å². The highest BCUT2D eigenvalue weighted by Crippen LogP contribution is 2.30. The van der Waals surface area contributed by atoms with Crippen molar-refractivity contribution in [2.45, 2.75) is 6.61 Å². The van der Waals surface area contributed by atoms with Crippen LogP contribution in [-0.4, -0.2) is 21.6 Å². The largest absolute Gasteiger partial charge is 0.497 e. The molecule has 5 rings (SSSR count). The van der Waals surface area contributed by atoms with E-state index in [-0.39, 0.29) is 18.0 Å². The summed E-state index contributed by atoms with van der Waals surface area (Å²) in [6.07, 6.45) is 3.02. The smallest absolute Gasteiger partial charge is 0.258 e. The number of aromatic nitrogens is 3. The van der Waals surface area contributed by atoms with E-state index < -0.39 is 0 Å². The normalized spacial score (nSPS) is 10.9. The minimum Gasteiger partial charge on any atom is -0.497 e. The molecule has 0 unspecified atom stereocenters. The third-order valence-corrected chi connectivity index (χ3v) is 5.80. The molecule has 0 spiro atoms. The number of nitrogens with zero attached hydrogens (tertiary/aromatic N) is 3. The van der Waals surface area contributed by atoms with Crippen LogP contribution in [0.1, 0.15) is 5.56 Å². The maximum absolute atomic E-state index is 13.4. The summed E-state index contributed by atoms with van der Waals surface area (Å²) in [6.45, 7) is 0.151. The Morgan fingerprint density at radius 2 is 1.89 bits per heavy atom. The lowest BCUT2D eigenvalue weighted by Crippen LogP contribution is -2.19. The van der Waals surface area contributed by atoms with Crippen LogP contribution in [0.5, 0.6) is 11.5 Å². The van der Waals surface area contributed by atoms with Crippen LogP contribution in [0.4, 0.5) is 15.8 Å². The van der Waals surface area contributed by atoms with Gasteiger partial charge in [-0.3, -0.25) is 9.36 Å². The monoisotopic (exact) mass is 502 g/mol. The quantitative estimate of drug-likeness (QED) is 0.298. The van der Waals surface area contributed by atoms with Gasteiger partial charge in [0.15, 0.2) is 5.65 Å². The van der Waals surface area contributed by atoms with Gasteiger partial charge in [0.2, 0.25) is 0 Å². The highest BCUT2D eigenvalue weighted by Gasteiger charge is 2.14. The first kappa shape index (κ1) is 23.3. The minimum absolute atomic E-state index is 0.151. The van der Waals surface area contributed by atoms with E-state index in [4.69, 9.17) is 21.1 Å². The van der Waals surface area contributed by atoms with Crippen LogP contribution in [0.2, 0.25) is 5.02 Å². The van der Waals surface area contributed by atoms with Crippen molar-refractivity contribution in [3.8, 4) is 17.2 Å². The van der Waals surface area contributed by atoms with E-state index in [9.17, 15) is 9.18 Å². The molecule has 180 valence electrons. The van der Waals surface area contributed by atoms with Crippen molar-refractivity contribution in [1.82, 2.24) is 14.5 Å². The van der Waals surface area contributed by atoms with Gasteiger partial charge in [-0.05, 0) is 60.2 Å². The molecule has 0 amide bonds. The van der Waals surface area contributed by atoms with E-state index in [2.05, 4.69) is 15.3 Å². The molecule has 36 heavy (non-hydrogen) atoms. The van der Waals surface area contributed by atoms with Crippen molar-refractivity contribution in [1.29, 1.82) is 0 Å². The maximum Gasteiger partial charge on any atom is 0.258 e. The van der Waals surface area contributed by atoms with Gasteiger partial charge < -0.3 is 14.8 Å². The van der Waals surface area contributed by atoms with Crippen LogP contribution in [-0.2, 0) is 6.61 Å². The standard InChI is InChI=1S/C27H20ClFN4O3/c1-35-21-8-5-19(6-9-21)32-24-13-26(34)33(27-22(24)14-30-16-31-27)20-7-10-25(23(28)12-20)36-15-17-3-2-4-18(29)11-17/h2-14,16,32H,15H2,1H3. The Labute approximate surface area is 210 Å². The second kappa shape index (κ2) is 10.1. The Kier molecular flexibility index (Phi) is 6.51. The van der Waals surface area contributed by atoms with Crippen molar-refractivity contribution in [2.75, 3.05) is 12.4 Å². The van der Waals surface area contributed by atoms with E-state index in [1.54, 1.807) is 43.6 Å². The number of methoxy groups -OCH3 is 1. The van der Waals surface area contributed by atoms with E-state index >= 15 is 0 Å². The molecule has 2 heterocycles. The number of nitrogens with one attached hydrogen (secondary N) is 1. The van der Waals surface area contributed by atoms with Crippen LogP contribution in [0, 0.1) is 5.82 Å². The van der Waals surface area contributed by atoms with Crippen molar-refractivity contribution < 1.29 is 13.9 Å². The minimum atomic E-state index is -0.337. The fourth-order valence-corrected chi connectivity index (χ4v) is 4.01. The summed E-state index contributed by atoms with van der Waals surface area (Å²) in [5, 5.41) is 4.21. The Morgan fingerprint density at radius 3 is 2.64 bits per heavy atom. The van der Waals surface area contributed by atoms with Crippen molar-refractivity contribution in [3.63, 3.8) is 0 Å². The SMILES string of the molecule is COc1ccc(Nc2cc(=O)n(-c3ccc(OCc4cccc(F)c4)c(Cl)c3)c3ncncc23)cc1. The lowest BCUT2D eigenvalue weighted by molar-refractivity contribution is 0.306. The molecular weight excluding hydrogens is 483 g/mol. The fourth-order valence-electron chi connectivity index (χ4n) is 3.78. The zero-order valence-corrected chi connectivity index (χ0v) is 19.9. The third kappa shape index (κ3) is 4.85. The highest BCUT2D eigenvalue weighted by atomic mass is 35.5. The number of halogens is 2. The number of anilines is 2. The van der Waals surface area contributed by atoms with Crippen molar-refractivity contribution >= 4 is 34.0 Å². The summed E-state index contributed by atoms with van der Waals surface area (Å²) >= 11 is 6.47. The molecule has 3 aromatic carbocycles. The topological polar surface area (TPSA) is 78.3 Å². The molecule has 0 saturated heterocycles. The molecule has 1 N–H and O–H groups in total. The Morgan fingerprint density at radius 1 is 1.06 bits per heavy atom. The number of hydrogen-bond donors (Lipinski definition) is 1. The molecule has 5 aromatic rings. The van der Waals surface area contributed by atoms with Crippen molar-refractivity contribution in [3.05, 3.63) is 112 Å². The lowest BCUT2D eigenvalue weighted by atomic mass is 10.2. The Balaban J connectivity index is 1.47. The number of ether oxygens (including phenoxy) is 2. The molecular formula is C27H20ClFN4O3. The van der Waals surface area contributed by atoms with Crippen molar-refractivity contribution in [2.24, 2.45) is 0 Å². The maximum atomic E-state index is 13.4. The molecule has 0 atom stereocenters. The third-order valence-electron chi connectivity index (χ3n) is 5.51. The van der Waals surface area contributed by atoms with Gasteiger partial charge in [0.05, 0.1) is 28.9 Å². The van der Waals surface area contributed by atoms with E-state index in [0.29, 0.717) is 38.7 Å². The number of rotatable bonds is 7. The molecule has 0 bridgehead atoms. The second-order valence-electron chi connectivity index (χ2n) is 7.88. The molecule has 0 aliphatic rings. The number of benzene rings is 3. The highest BCUT2D eigenvalue weighted by molar-refractivity contribution is 6.32. The van der Waals surface area contributed by atoms with Gasteiger partial charge in [-0.25, -0.2) is 14.4 Å². The first-order valence-corrected chi connectivity index (χ1v) is 11.3. The van der Waals surface area contributed by atoms with Gasteiger partial charge in [-0.15, -0.1) is 0 Å². The number of hydrogen-bond acceptors (Lipinski definition) is 6. The zero-order chi connectivity index (χ0) is 25.1. The summed E-state index contributed by atoms with van der Waals surface area (Å²) in [7, 11) is 1.60. The summed E-state index contributed by atoms with van der Waals surface area (Å²) in [5.41, 5.74) is 2.65. The van der Waals surface area contributed by atoms with Crippen LogP contribution in [0.15, 0.2) is 90.1 Å². The van der Waals surface area contributed by atoms with Gasteiger partial charge >= 0.3 is 0 Å². The molecule has 0 fully saturated rings. The lowest BCUT2D eigenvalue weighted by Gasteiger charge is -2.15. The first-order chi connectivity index (χ1) is 17.5. The Hall–Kier alpha value is -4.43. The molecule has 0 aliphatic carbocycles. The zero-order valence-electron chi connectivity index (χ0n) is 19.1. The molecule has 9 heteroatoms. The average molecular weight is 503 g/mol. The second-order valence-corrected chi connectivity index (χ2v) is 8.29. The summed E-state index contributed by atoms with van der Waals surface area (Å²) < 4.78 is 25.8. The number of pyridine rings is 1. The molecule has 7 nitrogen and oxygen atoms in total. The van der Waals surface area contributed by atoms with Crippen LogP contribution in [0.3, 0.4) is 0 Å². The van der Waals surface area contributed by atoms with E-state index in [1.807, 2.05) is 24.3 Å². The summed E-state index contributed by atoms with van der Waals surface area (Å²) in [4.78, 5) is 21.7. The van der Waals surface area contributed by atoms with Crippen LogP contribution in [0.25, 0.3) is 16.7 Å². The first-order valence-electron chi connectivity index (χ1n) is 11.0. The van der Waals surface area contributed by atoms with Crippen LogP contribution >= 0.6 is 11.6 Å². The van der Waals surface area contributed by atoms with E-state index in [0.717, 1.165) is 11.4 Å². The number of fused-ring (bicyclic) bond motifs is 1. The average Bonchev–Trinajstić information content (AvgIpc) is 2.89. The molecule has 2 aromatic heterocycles. The summed E-state index contributed by atoms with van der Waals surface area (Å²) in [6, 6.07) is 20.0. The molecule has 0 saturated carbocycles. The molecule has 0 aliphatic heterocycles. The van der Waals surface area contributed by atoms with Gasteiger partial charge in [0.1, 0.15) is 30.3 Å². The predicted molar refractivity (Wildman–Crippen MR) is 137 cm³/mol. The molecule has 0 radical (unpaired) electrons.